The number of urea groups is 1. The highest BCUT2D eigenvalue weighted by Crippen LogP contribution is 2.24. The SMILES string of the molecule is CCNC(=O)NC(=O)COC(=O)c1ccc(F)c(S(=O)(=O)N2CCCCC2)c1. The minimum atomic E-state index is -4.08. The van der Waals surface area contributed by atoms with Crippen molar-refractivity contribution in [3.8, 4) is 0 Å². The van der Waals surface area contributed by atoms with Gasteiger partial charge in [0.25, 0.3) is 5.91 Å². The molecule has 2 N–H and O–H groups in total. The molecular formula is C17H22FN3O6S. The van der Waals surface area contributed by atoms with Crippen molar-refractivity contribution in [2.24, 2.45) is 0 Å². The van der Waals surface area contributed by atoms with Crippen molar-refractivity contribution in [1.82, 2.24) is 14.9 Å². The minimum absolute atomic E-state index is 0.220. The molecule has 3 amide bonds. The van der Waals surface area contributed by atoms with Gasteiger partial charge < -0.3 is 10.1 Å². The number of hydrogen-bond donors (Lipinski definition) is 2. The molecule has 0 unspecified atom stereocenters. The van der Waals surface area contributed by atoms with Crippen molar-refractivity contribution >= 4 is 27.9 Å². The summed E-state index contributed by atoms with van der Waals surface area (Å²) in [5.41, 5.74) is -0.220. The number of amides is 3. The smallest absolute Gasteiger partial charge is 0.338 e. The van der Waals surface area contributed by atoms with Crippen LogP contribution in [0, 0.1) is 5.82 Å². The van der Waals surface area contributed by atoms with Crippen LogP contribution in [-0.2, 0) is 19.6 Å². The fraction of sp³-hybridized carbons (Fsp3) is 0.471. The van der Waals surface area contributed by atoms with Crippen molar-refractivity contribution in [3.63, 3.8) is 0 Å². The van der Waals surface area contributed by atoms with Crippen LogP contribution >= 0.6 is 0 Å². The predicted molar refractivity (Wildman–Crippen MR) is 96.5 cm³/mol. The van der Waals surface area contributed by atoms with E-state index in [0.717, 1.165) is 24.6 Å². The van der Waals surface area contributed by atoms with Gasteiger partial charge in [0.15, 0.2) is 6.61 Å². The fourth-order valence-corrected chi connectivity index (χ4v) is 4.26. The average Bonchev–Trinajstić information content (AvgIpc) is 2.67. The molecule has 11 heteroatoms. The standard InChI is InChI=1S/C17H22FN3O6S/c1-2-19-17(24)20-15(22)11-27-16(23)12-6-7-13(18)14(10-12)28(25,26)21-8-4-3-5-9-21/h6-7,10H,2-5,8-9,11H2,1H3,(H2,19,20,22,24). The van der Waals surface area contributed by atoms with Gasteiger partial charge in [-0.1, -0.05) is 6.42 Å². The van der Waals surface area contributed by atoms with Crippen molar-refractivity contribution in [3.05, 3.63) is 29.6 Å². The van der Waals surface area contributed by atoms with Gasteiger partial charge >= 0.3 is 12.0 Å². The third kappa shape index (κ3) is 5.49. The van der Waals surface area contributed by atoms with E-state index in [9.17, 15) is 27.2 Å². The molecule has 2 rings (SSSR count). The Morgan fingerprint density at radius 3 is 2.50 bits per heavy atom. The van der Waals surface area contributed by atoms with Crippen LogP contribution in [0.3, 0.4) is 0 Å². The zero-order valence-electron chi connectivity index (χ0n) is 15.4. The largest absolute Gasteiger partial charge is 0.452 e. The highest BCUT2D eigenvalue weighted by atomic mass is 32.2. The number of rotatable bonds is 6. The second kappa shape index (κ2) is 9.60. The second-order valence-corrected chi connectivity index (χ2v) is 8.00. The van der Waals surface area contributed by atoms with E-state index in [-0.39, 0.29) is 18.7 Å². The molecular weight excluding hydrogens is 393 g/mol. The summed E-state index contributed by atoms with van der Waals surface area (Å²) in [6.45, 7) is 1.80. The summed E-state index contributed by atoms with van der Waals surface area (Å²) in [5, 5.41) is 4.28. The summed E-state index contributed by atoms with van der Waals surface area (Å²) in [6.07, 6.45) is 2.27. The van der Waals surface area contributed by atoms with Crippen LogP contribution in [0.1, 0.15) is 36.5 Å². The number of sulfonamides is 1. The first-order valence-electron chi connectivity index (χ1n) is 8.80. The first-order chi connectivity index (χ1) is 13.3. The highest BCUT2D eigenvalue weighted by Gasteiger charge is 2.29. The maximum Gasteiger partial charge on any atom is 0.338 e. The van der Waals surface area contributed by atoms with Gasteiger partial charge in [-0.25, -0.2) is 22.4 Å². The van der Waals surface area contributed by atoms with E-state index in [1.807, 2.05) is 5.32 Å². The molecule has 1 fully saturated rings. The summed E-state index contributed by atoms with van der Waals surface area (Å²) in [6, 6.07) is 2.08. The van der Waals surface area contributed by atoms with E-state index >= 15 is 0 Å². The van der Waals surface area contributed by atoms with Gasteiger partial charge in [0.1, 0.15) is 10.7 Å². The van der Waals surface area contributed by atoms with Gasteiger partial charge in [-0.3, -0.25) is 10.1 Å². The van der Waals surface area contributed by atoms with Gasteiger partial charge in [-0.05, 0) is 38.0 Å². The molecule has 0 aromatic heterocycles. The molecule has 0 saturated carbocycles. The number of imide groups is 1. The molecule has 0 radical (unpaired) electrons. The van der Waals surface area contributed by atoms with Crippen LogP contribution in [0.4, 0.5) is 9.18 Å². The molecule has 1 aromatic carbocycles. The number of hydrogen-bond acceptors (Lipinski definition) is 6. The van der Waals surface area contributed by atoms with Crippen LogP contribution in [0.25, 0.3) is 0 Å². The van der Waals surface area contributed by atoms with E-state index in [2.05, 4.69) is 5.32 Å². The molecule has 0 atom stereocenters. The number of carbonyl (C=O) groups is 3. The van der Waals surface area contributed by atoms with Crippen LogP contribution in [0.15, 0.2) is 23.1 Å². The minimum Gasteiger partial charge on any atom is -0.452 e. The van der Waals surface area contributed by atoms with Crippen molar-refractivity contribution in [2.75, 3.05) is 26.2 Å². The summed E-state index contributed by atoms with van der Waals surface area (Å²) in [7, 11) is -4.08. The van der Waals surface area contributed by atoms with Gasteiger partial charge in [0.2, 0.25) is 10.0 Å². The van der Waals surface area contributed by atoms with E-state index in [1.54, 1.807) is 6.92 Å². The fourth-order valence-electron chi connectivity index (χ4n) is 2.65. The van der Waals surface area contributed by atoms with Crippen molar-refractivity contribution in [2.45, 2.75) is 31.1 Å². The predicted octanol–water partition coefficient (Wildman–Crippen LogP) is 1.00. The molecule has 0 spiro atoms. The number of carbonyl (C=O) groups excluding carboxylic acids is 3. The van der Waals surface area contributed by atoms with E-state index in [1.165, 1.54) is 4.31 Å². The van der Waals surface area contributed by atoms with Gasteiger partial charge in [-0.15, -0.1) is 0 Å². The number of nitrogens with zero attached hydrogens (tertiary/aromatic N) is 1. The zero-order chi connectivity index (χ0) is 20.7. The van der Waals surface area contributed by atoms with Gasteiger partial charge in [0, 0.05) is 19.6 Å². The monoisotopic (exact) mass is 415 g/mol. The molecule has 1 aromatic rings. The molecule has 1 aliphatic rings. The number of nitrogens with one attached hydrogen (secondary N) is 2. The molecule has 0 aliphatic carbocycles. The Bertz CT molecular complexity index is 852. The molecule has 154 valence electrons. The van der Waals surface area contributed by atoms with Crippen molar-refractivity contribution < 1.29 is 31.9 Å². The Labute approximate surface area is 162 Å². The lowest BCUT2D eigenvalue weighted by atomic mass is 10.2. The number of esters is 1. The maximum absolute atomic E-state index is 14.1. The Hall–Kier alpha value is -2.53. The lowest BCUT2D eigenvalue weighted by molar-refractivity contribution is -0.123. The maximum atomic E-state index is 14.1. The Morgan fingerprint density at radius 1 is 1.18 bits per heavy atom. The lowest BCUT2D eigenvalue weighted by Gasteiger charge is -2.26. The van der Waals surface area contributed by atoms with Gasteiger partial charge in [-0.2, -0.15) is 4.31 Å². The number of piperidine rings is 1. The van der Waals surface area contributed by atoms with Crippen molar-refractivity contribution in [1.29, 1.82) is 0 Å². The first kappa shape index (κ1) is 21.8. The van der Waals surface area contributed by atoms with Gasteiger partial charge in [0.05, 0.1) is 5.56 Å². The average molecular weight is 415 g/mol. The summed E-state index contributed by atoms with van der Waals surface area (Å²) in [5.74, 6) is -2.85. The molecule has 28 heavy (non-hydrogen) atoms. The topological polar surface area (TPSA) is 122 Å². The highest BCUT2D eigenvalue weighted by molar-refractivity contribution is 7.89. The number of ether oxygens (including phenoxy) is 1. The number of halogens is 1. The van der Waals surface area contributed by atoms with Crippen LogP contribution in [0.2, 0.25) is 0 Å². The molecule has 1 saturated heterocycles. The Kier molecular flexibility index (Phi) is 7.46. The molecule has 9 nitrogen and oxygen atoms in total. The van der Waals surface area contributed by atoms with Crippen LogP contribution in [0.5, 0.6) is 0 Å². The van der Waals surface area contributed by atoms with E-state index in [4.69, 9.17) is 4.74 Å². The molecule has 1 heterocycles. The van der Waals surface area contributed by atoms with E-state index < -0.39 is 45.3 Å². The lowest BCUT2D eigenvalue weighted by Crippen LogP contribution is -2.41. The first-order valence-corrected chi connectivity index (χ1v) is 10.2. The van der Waals surface area contributed by atoms with E-state index in [0.29, 0.717) is 19.4 Å². The quantitative estimate of drug-likeness (QED) is 0.669. The molecule has 1 aliphatic heterocycles. The summed E-state index contributed by atoms with van der Waals surface area (Å²) < 4.78 is 45.4. The van der Waals surface area contributed by atoms with Crippen LogP contribution < -0.4 is 10.6 Å². The number of benzene rings is 1. The zero-order valence-corrected chi connectivity index (χ0v) is 16.2. The summed E-state index contributed by atoms with van der Waals surface area (Å²) >= 11 is 0. The second-order valence-electron chi connectivity index (χ2n) is 6.09. The normalized spacial score (nSPS) is 14.9. The Morgan fingerprint density at radius 2 is 1.86 bits per heavy atom. The molecule has 0 bridgehead atoms. The third-order valence-corrected chi connectivity index (χ3v) is 5.94. The van der Waals surface area contributed by atoms with Crippen LogP contribution in [-0.4, -0.2) is 56.9 Å². The Balaban J connectivity index is 2.08. The summed E-state index contributed by atoms with van der Waals surface area (Å²) in [4.78, 5) is 34.2. The third-order valence-electron chi connectivity index (χ3n) is 4.02.